The summed E-state index contributed by atoms with van der Waals surface area (Å²) in [5, 5.41) is 21.1. The van der Waals surface area contributed by atoms with Crippen LogP contribution in [-0.4, -0.2) is 42.3 Å². The predicted octanol–water partition coefficient (Wildman–Crippen LogP) is 5.28. The molecule has 1 unspecified atom stereocenters. The van der Waals surface area contributed by atoms with Gasteiger partial charge in [0, 0.05) is 29.9 Å². The number of aromatic amines is 1. The van der Waals surface area contributed by atoms with E-state index >= 15 is 0 Å². The summed E-state index contributed by atoms with van der Waals surface area (Å²) in [5.41, 5.74) is 3.91. The van der Waals surface area contributed by atoms with Crippen molar-refractivity contribution in [2.75, 3.05) is 6.54 Å². The molecule has 0 aliphatic heterocycles. The lowest BCUT2D eigenvalue weighted by atomic mass is 10.0. The number of H-pyrrole nitrogens is 1. The van der Waals surface area contributed by atoms with Gasteiger partial charge in [0.25, 0.3) is 5.91 Å². The van der Waals surface area contributed by atoms with E-state index in [4.69, 9.17) is 0 Å². The Morgan fingerprint density at radius 2 is 1.84 bits per heavy atom. The maximum absolute atomic E-state index is 12.8. The smallest absolute Gasteiger partial charge is 0.255 e. The number of aromatic hydroxyl groups is 1. The first-order valence-electron chi connectivity index (χ1n) is 12.5. The fourth-order valence-corrected chi connectivity index (χ4v) is 4.79. The van der Waals surface area contributed by atoms with Crippen molar-refractivity contribution in [3.63, 3.8) is 0 Å². The number of aryl methyl sites for hydroxylation is 1. The van der Waals surface area contributed by atoms with Gasteiger partial charge >= 0.3 is 0 Å². The minimum Gasteiger partial charge on any atom is -0.507 e. The topological polar surface area (TPSA) is 109 Å². The average molecular weight is 503 g/mol. The molecule has 6 aromatic rings. The Hall–Kier alpha value is -4.98. The molecule has 1 atom stereocenters. The maximum Gasteiger partial charge on any atom is 0.255 e. The number of hydrogen-bond donors (Lipinski definition) is 3. The Bertz CT molecular complexity index is 1740. The van der Waals surface area contributed by atoms with Gasteiger partial charge in [-0.15, -0.1) is 0 Å². The molecule has 3 heterocycles. The summed E-state index contributed by atoms with van der Waals surface area (Å²) < 4.78 is 1.89. The molecule has 3 N–H and O–H groups in total. The van der Waals surface area contributed by atoms with Crippen LogP contribution in [0.5, 0.6) is 5.75 Å². The molecule has 0 aliphatic carbocycles. The molecule has 188 valence electrons. The van der Waals surface area contributed by atoms with Crippen LogP contribution in [0.25, 0.3) is 33.1 Å². The van der Waals surface area contributed by atoms with Gasteiger partial charge in [-0.3, -0.25) is 9.48 Å². The molecule has 38 heavy (non-hydrogen) atoms. The van der Waals surface area contributed by atoms with Crippen molar-refractivity contribution in [2.45, 2.75) is 18.9 Å². The highest BCUT2D eigenvalue weighted by molar-refractivity contribution is 5.96. The first-order valence-corrected chi connectivity index (χ1v) is 12.5. The van der Waals surface area contributed by atoms with Crippen LogP contribution >= 0.6 is 0 Å². The zero-order chi connectivity index (χ0) is 25.9. The van der Waals surface area contributed by atoms with Gasteiger partial charge < -0.3 is 15.4 Å². The molecule has 6 rings (SSSR count). The van der Waals surface area contributed by atoms with Crippen LogP contribution in [0, 0.1) is 0 Å². The number of para-hydroxylation sites is 1. The highest BCUT2D eigenvalue weighted by atomic mass is 16.3. The summed E-state index contributed by atoms with van der Waals surface area (Å²) in [6, 6.07) is 23.2. The number of fused-ring (bicyclic) bond motifs is 2. The highest BCUT2D eigenvalue weighted by Gasteiger charge is 2.18. The molecule has 1 amide bonds. The van der Waals surface area contributed by atoms with E-state index in [1.54, 1.807) is 24.4 Å². The Morgan fingerprint density at radius 1 is 1.00 bits per heavy atom. The monoisotopic (exact) mass is 502 g/mol. The van der Waals surface area contributed by atoms with Crippen LogP contribution in [-0.2, 0) is 6.42 Å². The largest absolute Gasteiger partial charge is 0.507 e. The molecule has 0 spiro atoms. The molecule has 0 bridgehead atoms. The summed E-state index contributed by atoms with van der Waals surface area (Å²) >= 11 is 0. The van der Waals surface area contributed by atoms with E-state index in [1.807, 2.05) is 35.3 Å². The number of nitrogens with zero attached hydrogens (tertiary/aromatic N) is 4. The number of amides is 1. The van der Waals surface area contributed by atoms with Crippen molar-refractivity contribution in [2.24, 2.45) is 0 Å². The lowest BCUT2D eigenvalue weighted by Crippen LogP contribution is -2.31. The molecular weight excluding hydrogens is 476 g/mol. The fourth-order valence-electron chi connectivity index (χ4n) is 4.79. The van der Waals surface area contributed by atoms with Gasteiger partial charge in [-0.25, -0.2) is 9.97 Å². The van der Waals surface area contributed by atoms with E-state index in [1.165, 1.54) is 28.7 Å². The van der Waals surface area contributed by atoms with Crippen LogP contribution in [0.15, 0.2) is 97.7 Å². The Balaban J connectivity index is 1.26. The molecule has 0 saturated carbocycles. The molecule has 8 nitrogen and oxygen atoms in total. The van der Waals surface area contributed by atoms with Crippen molar-refractivity contribution in [1.82, 2.24) is 30.0 Å². The summed E-state index contributed by atoms with van der Waals surface area (Å²) in [7, 11) is 0. The summed E-state index contributed by atoms with van der Waals surface area (Å²) in [6.07, 6.45) is 8.70. The van der Waals surface area contributed by atoms with Crippen molar-refractivity contribution in [1.29, 1.82) is 0 Å². The number of phenolic OH excluding ortho intramolecular Hbond substituents is 1. The van der Waals surface area contributed by atoms with E-state index in [9.17, 15) is 9.90 Å². The fraction of sp³-hybridized carbons (Fsp3) is 0.133. The normalized spacial score (nSPS) is 12.1. The molecule has 0 aliphatic rings. The van der Waals surface area contributed by atoms with Gasteiger partial charge in [-0.2, -0.15) is 5.10 Å². The molecule has 0 saturated heterocycles. The van der Waals surface area contributed by atoms with Crippen molar-refractivity contribution in [3.8, 4) is 17.0 Å². The lowest BCUT2D eigenvalue weighted by Gasteiger charge is -2.19. The quantitative estimate of drug-likeness (QED) is 0.262. The number of benzene rings is 3. The number of phenols is 1. The number of hydrogen-bond acceptors (Lipinski definition) is 5. The van der Waals surface area contributed by atoms with Crippen molar-refractivity contribution < 1.29 is 9.90 Å². The average Bonchev–Trinajstić information content (AvgIpc) is 3.63. The number of carbonyl (C=O) groups is 1. The zero-order valence-corrected chi connectivity index (χ0v) is 20.6. The SMILES string of the molecule is O=C(NCC(CCc1ccc2ccccc2c1)n1cc(-c2ncnc3[nH]ccc23)cn1)c1ccccc1O. The maximum atomic E-state index is 12.8. The zero-order valence-electron chi connectivity index (χ0n) is 20.6. The second kappa shape index (κ2) is 10.2. The van der Waals surface area contributed by atoms with Gasteiger partial charge in [-0.1, -0.05) is 54.6 Å². The summed E-state index contributed by atoms with van der Waals surface area (Å²) in [4.78, 5) is 24.7. The van der Waals surface area contributed by atoms with E-state index in [0.29, 0.717) is 6.54 Å². The van der Waals surface area contributed by atoms with Crippen LogP contribution in [0.4, 0.5) is 0 Å². The third-order valence-corrected chi connectivity index (χ3v) is 6.83. The minimum absolute atomic E-state index is 0.0432. The van der Waals surface area contributed by atoms with Crippen LogP contribution in [0.3, 0.4) is 0 Å². The van der Waals surface area contributed by atoms with Crippen LogP contribution in [0.1, 0.15) is 28.4 Å². The van der Waals surface area contributed by atoms with Crippen molar-refractivity contribution in [3.05, 3.63) is 109 Å². The van der Waals surface area contributed by atoms with Gasteiger partial charge in [0.15, 0.2) is 0 Å². The summed E-state index contributed by atoms with van der Waals surface area (Å²) in [5.74, 6) is -0.366. The molecular formula is C30H26N6O2. The van der Waals surface area contributed by atoms with Crippen LogP contribution in [0.2, 0.25) is 0 Å². The standard InChI is InChI=1S/C30H26N6O2/c37-27-8-4-3-7-25(27)30(38)32-17-24(12-10-20-9-11-21-5-1-2-6-22(21)15-20)36-18-23(16-35-36)28-26-13-14-31-29(26)34-19-33-28/h1-9,11,13-16,18-19,24,37H,10,12,17H2,(H,32,38)(H,31,33,34). The van der Waals surface area contributed by atoms with E-state index in [0.717, 1.165) is 35.1 Å². The molecule has 3 aromatic heterocycles. The Labute approximate surface area is 219 Å². The third-order valence-electron chi connectivity index (χ3n) is 6.83. The molecule has 0 radical (unpaired) electrons. The highest BCUT2D eigenvalue weighted by Crippen LogP contribution is 2.26. The van der Waals surface area contributed by atoms with Crippen LogP contribution < -0.4 is 5.32 Å². The first kappa shape index (κ1) is 23.4. The predicted molar refractivity (Wildman–Crippen MR) is 147 cm³/mol. The van der Waals surface area contributed by atoms with Gasteiger partial charge in [0.05, 0.1) is 23.5 Å². The molecule has 8 heteroatoms. The third kappa shape index (κ3) is 4.71. The second-order valence-electron chi connectivity index (χ2n) is 9.27. The number of aromatic nitrogens is 5. The molecule has 3 aromatic carbocycles. The molecule has 0 fully saturated rings. The number of nitrogens with one attached hydrogen (secondary N) is 2. The van der Waals surface area contributed by atoms with E-state index < -0.39 is 0 Å². The van der Waals surface area contributed by atoms with E-state index in [2.05, 4.69) is 55.7 Å². The van der Waals surface area contributed by atoms with E-state index in [-0.39, 0.29) is 23.3 Å². The Kier molecular flexibility index (Phi) is 6.27. The van der Waals surface area contributed by atoms with Gasteiger partial charge in [0.2, 0.25) is 0 Å². The minimum atomic E-state index is -0.323. The number of carbonyl (C=O) groups excluding carboxylic acids is 1. The van der Waals surface area contributed by atoms with Gasteiger partial charge in [-0.05, 0) is 47.4 Å². The Morgan fingerprint density at radius 3 is 2.74 bits per heavy atom. The summed E-state index contributed by atoms with van der Waals surface area (Å²) in [6.45, 7) is 0.352. The van der Waals surface area contributed by atoms with Gasteiger partial charge in [0.1, 0.15) is 17.7 Å². The van der Waals surface area contributed by atoms with Crippen molar-refractivity contribution >= 4 is 27.7 Å². The lowest BCUT2D eigenvalue weighted by molar-refractivity contribution is 0.0943. The first-order chi connectivity index (χ1) is 18.7. The second-order valence-corrected chi connectivity index (χ2v) is 9.27. The number of rotatable bonds is 8.